The van der Waals surface area contributed by atoms with Gasteiger partial charge in [-0.15, -0.1) is 0 Å². The Morgan fingerprint density at radius 1 is 1.06 bits per heavy atom. The smallest absolute Gasteiger partial charge is 0.338 e. The molecule has 1 amide bonds. The van der Waals surface area contributed by atoms with Gasteiger partial charge in [0.25, 0.3) is 5.91 Å². The summed E-state index contributed by atoms with van der Waals surface area (Å²) in [5.74, 6) is -1.11. The number of aromatic nitrogens is 3. The highest BCUT2D eigenvalue weighted by atomic mass is 19.4. The first-order valence-corrected chi connectivity index (χ1v) is 9.98. The van der Waals surface area contributed by atoms with E-state index >= 15 is 0 Å². The number of pyridine rings is 1. The van der Waals surface area contributed by atoms with Crippen LogP contribution >= 0.6 is 0 Å². The number of anilines is 2. The van der Waals surface area contributed by atoms with Crippen molar-refractivity contribution in [3.8, 4) is 0 Å². The fourth-order valence-corrected chi connectivity index (χ4v) is 3.68. The first-order valence-electron chi connectivity index (χ1n) is 9.98. The number of likely N-dealkylation sites (tertiary alicyclic amines) is 1. The molecule has 1 aliphatic rings. The summed E-state index contributed by atoms with van der Waals surface area (Å²) < 4.78 is 52.8. The van der Waals surface area contributed by atoms with E-state index in [1.165, 1.54) is 42.7 Å². The van der Waals surface area contributed by atoms with Crippen molar-refractivity contribution in [2.75, 3.05) is 18.4 Å². The van der Waals surface area contributed by atoms with Crippen LogP contribution in [0.1, 0.15) is 40.4 Å². The summed E-state index contributed by atoms with van der Waals surface area (Å²) in [6, 6.07) is 9.19. The van der Waals surface area contributed by atoms with E-state index in [2.05, 4.69) is 20.3 Å². The van der Waals surface area contributed by atoms with E-state index in [-0.39, 0.29) is 23.6 Å². The summed E-state index contributed by atoms with van der Waals surface area (Å²) in [5.41, 5.74) is 0.0956. The van der Waals surface area contributed by atoms with Crippen LogP contribution in [0.4, 0.5) is 29.3 Å². The lowest BCUT2D eigenvalue weighted by molar-refractivity contribution is -0.137. The van der Waals surface area contributed by atoms with Gasteiger partial charge in [0.15, 0.2) is 0 Å². The Balaban J connectivity index is 1.51. The number of nitrogens with one attached hydrogen (secondary N) is 1. The second-order valence-corrected chi connectivity index (χ2v) is 7.42. The largest absolute Gasteiger partial charge is 0.419 e. The molecule has 166 valence electrons. The summed E-state index contributed by atoms with van der Waals surface area (Å²) in [6.07, 6.45) is -0.355. The molecule has 1 fully saturated rings. The molecule has 4 rings (SSSR count). The van der Waals surface area contributed by atoms with E-state index in [4.69, 9.17) is 0 Å². The summed E-state index contributed by atoms with van der Waals surface area (Å²) in [4.78, 5) is 26.6. The molecule has 1 saturated heterocycles. The number of halogens is 4. The molecule has 3 aromatic rings. The van der Waals surface area contributed by atoms with Gasteiger partial charge in [-0.1, -0.05) is 0 Å². The molecule has 6 nitrogen and oxygen atoms in total. The van der Waals surface area contributed by atoms with Gasteiger partial charge in [0.2, 0.25) is 5.95 Å². The van der Waals surface area contributed by atoms with Crippen LogP contribution in [0, 0.1) is 5.82 Å². The maximum atomic E-state index is 13.2. The molecule has 1 aromatic carbocycles. The number of piperidine rings is 1. The first kappa shape index (κ1) is 21.7. The van der Waals surface area contributed by atoms with Crippen molar-refractivity contribution in [2.45, 2.75) is 24.9 Å². The highest BCUT2D eigenvalue weighted by molar-refractivity contribution is 5.94. The molecule has 1 unspecified atom stereocenters. The van der Waals surface area contributed by atoms with Crippen molar-refractivity contribution in [3.05, 3.63) is 77.5 Å². The number of hydrogen-bond acceptors (Lipinski definition) is 5. The molecule has 0 aliphatic carbocycles. The fraction of sp³-hybridized carbons (Fsp3) is 0.273. The number of carbonyl (C=O) groups excluding carboxylic acids is 1. The molecule has 1 N–H and O–H groups in total. The molecule has 0 saturated carbocycles. The predicted molar refractivity (Wildman–Crippen MR) is 109 cm³/mol. The zero-order chi connectivity index (χ0) is 22.7. The van der Waals surface area contributed by atoms with Crippen molar-refractivity contribution in [3.63, 3.8) is 0 Å². The molecule has 0 spiro atoms. The van der Waals surface area contributed by atoms with Crippen LogP contribution in [-0.2, 0) is 6.18 Å². The summed E-state index contributed by atoms with van der Waals surface area (Å²) in [5, 5.41) is 2.55. The molecule has 32 heavy (non-hydrogen) atoms. The fourth-order valence-electron chi connectivity index (χ4n) is 3.68. The van der Waals surface area contributed by atoms with Gasteiger partial charge in [-0.05, 0) is 55.3 Å². The Hall–Kier alpha value is -3.56. The Kier molecular flexibility index (Phi) is 6.02. The van der Waals surface area contributed by atoms with Gasteiger partial charge in [0.1, 0.15) is 11.6 Å². The number of hydrogen-bond donors (Lipinski definition) is 1. The summed E-state index contributed by atoms with van der Waals surface area (Å²) in [7, 11) is 0. The third kappa shape index (κ3) is 4.84. The van der Waals surface area contributed by atoms with E-state index in [0.717, 1.165) is 18.9 Å². The topological polar surface area (TPSA) is 71.0 Å². The highest BCUT2D eigenvalue weighted by Crippen LogP contribution is 2.34. The first-order chi connectivity index (χ1) is 15.3. The summed E-state index contributed by atoms with van der Waals surface area (Å²) in [6.45, 7) is 0.954. The van der Waals surface area contributed by atoms with Crippen LogP contribution in [-0.4, -0.2) is 38.8 Å². The van der Waals surface area contributed by atoms with Crippen LogP contribution < -0.4 is 5.32 Å². The Bertz CT molecular complexity index is 1100. The lowest BCUT2D eigenvalue weighted by Crippen LogP contribution is -2.39. The number of alkyl halides is 3. The molecule has 3 heterocycles. The van der Waals surface area contributed by atoms with Crippen molar-refractivity contribution in [1.82, 2.24) is 19.9 Å². The quantitative estimate of drug-likeness (QED) is 0.585. The number of carbonyl (C=O) groups is 1. The minimum Gasteiger partial charge on any atom is -0.338 e. The number of benzene rings is 1. The molecule has 2 aromatic heterocycles. The van der Waals surface area contributed by atoms with Gasteiger partial charge < -0.3 is 10.2 Å². The minimum atomic E-state index is -4.57. The van der Waals surface area contributed by atoms with E-state index in [0.29, 0.717) is 24.3 Å². The van der Waals surface area contributed by atoms with Crippen LogP contribution in [0.3, 0.4) is 0 Å². The third-order valence-electron chi connectivity index (χ3n) is 5.24. The van der Waals surface area contributed by atoms with E-state index in [1.807, 2.05) is 0 Å². The Morgan fingerprint density at radius 2 is 1.84 bits per heavy atom. The monoisotopic (exact) mass is 445 g/mol. The standard InChI is InChI=1S/C22H19F4N5O/c23-16-7-5-14(6-8-16)20(32)31-12-2-3-15(13-31)18-9-11-28-21(29-18)30-19-17(22(24,25)26)4-1-10-27-19/h1,4-11,15H,2-3,12-13H2,(H,27,28,29,30). The second kappa shape index (κ2) is 8.89. The normalized spacial score (nSPS) is 16.6. The maximum Gasteiger partial charge on any atom is 0.419 e. The van der Waals surface area contributed by atoms with Crippen molar-refractivity contribution >= 4 is 17.7 Å². The van der Waals surface area contributed by atoms with Gasteiger partial charge in [-0.3, -0.25) is 4.79 Å². The summed E-state index contributed by atoms with van der Waals surface area (Å²) >= 11 is 0. The third-order valence-corrected chi connectivity index (χ3v) is 5.24. The molecule has 1 aliphatic heterocycles. The molecule has 0 bridgehead atoms. The molecule has 0 radical (unpaired) electrons. The van der Waals surface area contributed by atoms with E-state index in [9.17, 15) is 22.4 Å². The Morgan fingerprint density at radius 3 is 2.59 bits per heavy atom. The van der Waals surface area contributed by atoms with E-state index in [1.54, 1.807) is 11.0 Å². The van der Waals surface area contributed by atoms with E-state index < -0.39 is 17.6 Å². The average molecular weight is 445 g/mol. The van der Waals surface area contributed by atoms with Crippen LogP contribution in [0.2, 0.25) is 0 Å². The molecular formula is C22H19F4N5O. The van der Waals surface area contributed by atoms with Gasteiger partial charge in [-0.2, -0.15) is 13.2 Å². The molecule has 1 atom stereocenters. The lowest BCUT2D eigenvalue weighted by Gasteiger charge is -2.32. The Labute approximate surface area is 181 Å². The minimum absolute atomic E-state index is 0.00585. The number of nitrogens with zero attached hydrogens (tertiary/aromatic N) is 4. The SMILES string of the molecule is O=C(c1ccc(F)cc1)N1CCCC(c2ccnc(Nc3ncccc3C(F)(F)F)n2)C1. The molecular weight excluding hydrogens is 426 g/mol. The molecule has 10 heteroatoms. The number of amides is 1. The van der Waals surface area contributed by atoms with Crippen LogP contribution in [0.25, 0.3) is 0 Å². The van der Waals surface area contributed by atoms with Crippen molar-refractivity contribution < 1.29 is 22.4 Å². The van der Waals surface area contributed by atoms with Gasteiger partial charge >= 0.3 is 6.18 Å². The zero-order valence-corrected chi connectivity index (χ0v) is 16.8. The maximum absolute atomic E-state index is 13.2. The second-order valence-electron chi connectivity index (χ2n) is 7.42. The zero-order valence-electron chi connectivity index (χ0n) is 16.8. The average Bonchev–Trinajstić information content (AvgIpc) is 2.79. The highest BCUT2D eigenvalue weighted by Gasteiger charge is 2.34. The van der Waals surface area contributed by atoms with Gasteiger partial charge in [-0.25, -0.2) is 19.3 Å². The number of rotatable bonds is 4. The van der Waals surface area contributed by atoms with Gasteiger partial charge in [0.05, 0.1) is 11.3 Å². The van der Waals surface area contributed by atoms with Crippen molar-refractivity contribution in [1.29, 1.82) is 0 Å². The van der Waals surface area contributed by atoms with Gasteiger partial charge in [0, 0.05) is 37.0 Å². The van der Waals surface area contributed by atoms with Crippen molar-refractivity contribution in [2.24, 2.45) is 0 Å². The lowest BCUT2D eigenvalue weighted by atomic mass is 9.94. The van der Waals surface area contributed by atoms with Crippen LogP contribution in [0.15, 0.2) is 54.9 Å². The van der Waals surface area contributed by atoms with Crippen LogP contribution in [0.5, 0.6) is 0 Å². The predicted octanol–water partition coefficient (Wildman–Crippen LogP) is 4.79.